The van der Waals surface area contributed by atoms with E-state index in [1.165, 1.54) is 12.8 Å². The molecule has 128 valence electrons. The van der Waals surface area contributed by atoms with Crippen molar-refractivity contribution in [2.75, 3.05) is 17.2 Å². The lowest BCUT2D eigenvalue weighted by Crippen LogP contribution is -2.30. The topological polar surface area (TPSA) is 70.1 Å². The number of hydrogen-bond acceptors (Lipinski definition) is 5. The quantitative estimate of drug-likeness (QED) is 0.657. The Morgan fingerprint density at radius 3 is 2.67 bits per heavy atom. The summed E-state index contributed by atoms with van der Waals surface area (Å²) in [6.45, 7) is 4.20. The monoisotopic (exact) mass is 390 g/mol. The minimum Gasteiger partial charge on any atom is -0.394 e. The molecule has 0 spiro atoms. The first-order valence-electron chi connectivity index (χ1n) is 8.34. The number of aromatic nitrogens is 2. The van der Waals surface area contributed by atoms with Gasteiger partial charge in [0.05, 0.1) is 18.3 Å². The number of benzene rings is 1. The number of halogens is 1. The van der Waals surface area contributed by atoms with Crippen molar-refractivity contribution in [2.24, 2.45) is 5.92 Å². The Balaban J connectivity index is 1.85. The summed E-state index contributed by atoms with van der Waals surface area (Å²) >= 11 is 3.48. The minimum absolute atomic E-state index is 0.0572. The average Bonchev–Trinajstić information content (AvgIpc) is 3.37. The van der Waals surface area contributed by atoms with Gasteiger partial charge in [0.1, 0.15) is 5.82 Å². The van der Waals surface area contributed by atoms with Gasteiger partial charge in [-0.3, -0.25) is 0 Å². The first-order valence-corrected chi connectivity index (χ1v) is 9.13. The van der Waals surface area contributed by atoms with Crippen LogP contribution in [0.1, 0.15) is 38.3 Å². The lowest BCUT2D eigenvalue weighted by Gasteiger charge is -2.20. The van der Waals surface area contributed by atoms with Crippen molar-refractivity contribution < 1.29 is 5.11 Å². The Kier molecular flexibility index (Phi) is 5.36. The number of rotatable bonds is 7. The Bertz CT molecular complexity index is 703. The van der Waals surface area contributed by atoms with Crippen molar-refractivity contribution in [2.45, 2.75) is 38.6 Å². The zero-order valence-electron chi connectivity index (χ0n) is 14.0. The van der Waals surface area contributed by atoms with Gasteiger partial charge >= 0.3 is 0 Å². The fraction of sp³-hybridized carbons (Fsp3) is 0.444. The Labute approximate surface area is 151 Å². The molecule has 1 aliphatic carbocycles. The third kappa shape index (κ3) is 4.45. The SMILES string of the molecule is CC(C)[C@@H](CO)Nc1nc(Nc2cccc(Br)c2)cc(C2CC2)n1. The van der Waals surface area contributed by atoms with Crippen LogP contribution >= 0.6 is 15.9 Å². The summed E-state index contributed by atoms with van der Waals surface area (Å²) in [5.41, 5.74) is 2.03. The summed E-state index contributed by atoms with van der Waals surface area (Å²) in [5, 5.41) is 16.2. The van der Waals surface area contributed by atoms with Crippen molar-refractivity contribution >= 4 is 33.4 Å². The normalized spacial score (nSPS) is 15.4. The number of nitrogens with one attached hydrogen (secondary N) is 2. The lowest BCUT2D eigenvalue weighted by atomic mass is 10.1. The molecule has 1 aromatic heterocycles. The van der Waals surface area contributed by atoms with Gasteiger partial charge in [0.2, 0.25) is 5.95 Å². The molecule has 24 heavy (non-hydrogen) atoms. The predicted octanol–water partition coefficient (Wildman–Crippen LogP) is 4.29. The highest BCUT2D eigenvalue weighted by molar-refractivity contribution is 9.10. The largest absolute Gasteiger partial charge is 0.394 e. The molecule has 1 aliphatic rings. The molecule has 1 atom stereocenters. The van der Waals surface area contributed by atoms with Crippen LogP contribution in [0.15, 0.2) is 34.8 Å². The number of nitrogens with zero attached hydrogens (tertiary/aromatic N) is 2. The van der Waals surface area contributed by atoms with Crippen LogP contribution < -0.4 is 10.6 Å². The molecular weight excluding hydrogens is 368 g/mol. The summed E-state index contributed by atoms with van der Waals surface area (Å²) in [4.78, 5) is 9.22. The summed E-state index contributed by atoms with van der Waals surface area (Å²) < 4.78 is 1.02. The Morgan fingerprint density at radius 2 is 2.04 bits per heavy atom. The van der Waals surface area contributed by atoms with Crippen molar-refractivity contribution in [3.8, 4) is 0 Å². The molecule has 0 amide bonds. The maximum Gasteiger partial charge on any atom is 0.225 e. The molecule has 3 N–H and O–H groups in total. The molecule has 6 heteroatoms. The first-order chi connectivity index (χ1) is 11.5. The Hall–Kier alpha value is -1.66. The maximum absolute atomic E-state index is 9.54. The van der Waals surface area contributed by atoms with Crippen LogP contribution in [0, 0.1) is 5.92 Å². The number of aliphatic hydroxyl groups is 1. The van der Waals surface area contributed by atoms with Gasteiger partial charge < -0.3 is 15.7 Å². The molecule has 1 saturated carbocycles. The molecule has 1 heterocycles. The van der Waals surface area contributed by atoms with Gasteiger partial charge in [-0.25, -0.2) is 4.98 Å². The molecule has 1 aromatic carbocycles. The molecular formula is C18H23BrN4O. The molecule has 0 aliphatic heterocycles. The maximum atomic E-state index is 9.54. The summed E-state index contributed by atoms with van der Waals surface area (Å²) in [6.07, 6.45) is 2.36. The first kappa shape index (κ1) is 17.2. The van der Waals surface area contributed by atoms with Crippen molar-refractivity contribution in [1.82, 2.24) is 9.97 Å². The van der Waals surface area contributed by atoms with E-state index < -0.39 is 0 Å². The lowest BCUT2D eigenvalue weighted by molar-refractivity contribution is 0.248. The average molecular weight is 391 g/mol. The van der Waals surface area contributed by atoms with Gasteiger partial charge in [0.25, 0.3) is 0 Å². The number of anilines is 3. The fourth-order valence-electron chi connectivity index (χ4n) is 2.49. The van der Waals surface area contributed by atoms with Crippen molar-refractivity contribution in [3.05, 3.63) is 40.5 Å². The van der Waals surface area contributed by atoms with Crippen LogP contribution in [-0.2, 0) is 0 Å². The highest BCUT2D eigenvalue weighted by Gasteiger charge is 2.26. The van der Waals surface area contributed by atoms with Crippen molar-refractivity contribution in [3.63, 3.8) is 0 Å². The molecule has 3 rings (SSSR count). The smallest absolute Gasteiger partial charge is 0.225 e. The highest BCUT2D eigenvalue weighted by Crippen LogP contribution is 2.40. The van der Waals surface area contributed by atoms with Gasteiger partial charge in [-0.15, -0.1) is 0 Å². The second kappa shape index (κ2) is 7.49. The fourth-order valence-corrected chi connectivity index (χ4v) is 2.89. The van der Waals surface area contributed by atoms with Crippen LogP contribution in [0.2, 0.25) is 0 Å². The van der Waals surface area contributed by atoms with Crippen LogP contribution in [-0.4, -0.2) is 27.7 Å². The second-order valence-corrected chi connectivity index (χ2v) is 7.50. The van der Waals surface area contributed by atoms with Crippen LogP contribution in [0.3, 0.4) is 0 Å². The van der Waals surface area contributed by atoms with Crippen LogP contribution in [0.4, 0.5) is 17.5 Å². The van der Waals surface area contributed by atoms with E-state index in [-0.39, 0.29) is 12.6 Å². The van der Waals surface area contributed by atoms with E-state index in [9.17, 15) is 5.11 Å². The zero-order valence-corrected chi connectivity index (χ0v) is 15.5. The van der Waals surface area contributed by atoms with Crippen molar-refractivity contribution in [1.29, 1.82) is 0 Å². The molecule has 1 fully saturated rings. The summed E-state index contributed by atoms with van der Waals surface area (Å²) in [5.74, 6) is 2.17. The van der Waals surface area contributed by atoms with E-state index in [1.54, 1.807) is 0 Å². The van der Waals surface area contributed by atoms with Gasteiger partial charge in [-0.1, -0.05) is 35.8 Å². The van der Waals surface area contributed by atoms with Crippen LogP contribution in [0.25, 0.3) is 0 Å². The van der Waals surface area contributed by atoms with Gasteiger partial charge in [0.15, 0.2) is 0 Å². The molecule has 0 saturated heterocycles. The molecule has 0 radical (unpaired) electrons. The van der Waals surface area contributed by atoms with E-state index >= 15 is 0 Å². The van der Waals surface area contributed by atoms with Gasteiger partial charge in [-0.05, 0) is 37.0 Å². The van der Waals surface area contributed by atoms with E-state index in [0.717, 1.165) is 21.7 Å². The highest BCUT2D eigenvalue weighted by atomic mass is 79.9. The van der Waals surface area contributed by atoms with Crippen LogP contribution in [0.5, 0.6) is 0 Å². The molecule has 5 nitrogen and oxygen atoms in total. The van der Waals surface area contributed by atoms with E-state index in [2.05, 4.69) is 50.4 Å². The third-order valence-electron chi connectivity index (χ3n) is 4.15. The second-order valence-electron chi connectivity index (χ2n) is 6.59. The molecule has 0 unspecified atom stereocenters. The Morgan fingerprint density at radius 1 is 1.25 bits per heavy atom. The standard InChI is InChI=1S/C18H23BrN4O/c1-11(2)16(10-24)22-18-21-15(12-6-7-12)9-17(23-18)20-14-5-3-4-13(19)8-14/h3-5,8-9,11-12,16,24H,6-7,10H2,1-2H3,(H2,20,21,22,23)/t16-/m1/s1. The van der Waals surface area contributed by atoms with E-state index in [1.807, 2.05) is 30.3 Å². The van der Waals surface area contributed by atoms with Gasteiger partial charge in [-0.2, -0.15) is 4.98 Å². The molecule has 2 aromatic rings. The summed E-state index contributed by atoms with van der Waals surface area (Å²) in [6, 6.07) is 9.95. The summed E-state index contributed by atoms with van der Waals surface area (Å²) in [7, 11) is 0. The molecule has 0 bridgehead atoms. The minimum atomic E-state index is -0.0572. The van der Waals surface area contributed by atoms with E-state index in [0.29, 0.717) is 17.8 Å². The number of aliphatic hydroxyl groups excluding tert-OH is 1. The van der Waals surface area contributed by atoms with Gasteiger partial charge in [0, 0.05) is 22.1 Å². The third-order valence-corrected chi connectivity index (χ3v) is 4.65. The van der Waals surface area contributed by atoms with E-state index in [4.69, 9.17) is 0 Å². The predicted molar refractivity (Wildman–Crippen MR) is 101 cm³/mol. The number of hydrogen-bond donors (Lipinski definition) is 3. The zero-order chi connectivity index (χ0) is 17.1.